The lowest BCUT2D eigenvalue weighted by Crippen LogP contribution is -2.14. The second-order valence-electron chi connectivity index (χ2n) is 6.01. The van der Waals surface area contributed by atoms with Crippen molar-refractivity contribution in [1.29, 1.82) is 0 Å². The first-order valence-corrected chi connectivity index (χ1v) is 8.24. The first kappa shape index (κ1) is 13.1. The molecule has 2 nitrogen and oxygen atoms in total. The van der Waals surface area contributed by atoms with Gasteiger partial charge in [-0.25, -0.2) is 9.97 Å². The van der Waals surface area contributed by atoms with Crippen LogP contribution in [0.2, 0.25) is 5.15 Å². The number of rotatable bonds is 2. The maximum Gasteiger partial charge on any atom is 0.146 e. The lowest BCUT2D eigenvalue weighted by molar-refractivity contribution is 0.404. The molecule has 3 rings (SSSR count). The molecule has 98 valence electrons. The van der Waals surface area contributed by atoms with Crippen molar-refractivity contribution in [2.45, 2.75) is 51.4 Å². The van der Waals surface area contributed by atoms with Gasteiger partial charge in [-0.2, -0.15) is 0 Å². The lowest BCUT2D eigenvalue weighted by Gasteiger charge is -2.21. The minimum atomic E-state index is 0.412. The van der Waals surface area contributed by atoms with Crippen LogP contribution in [0, 0.1) is 15.4 Å². The van der Waals surface area contributed by atoms with E-state index < -0.39 is 0 Å². The molecular formula is C14H18ClIN2. The van der Waals surface area contributed by atoms with E-state index in [2.05, 4.69) is 41.4 Å². The molecule has 0 aromatic carbocycles. The minimum Gasteiger partial charge on any atom is -0.236 e. The maximum atomic E-state index is 6.28. The molecule has 2 saturated carbocycles. The Bertz CT molecular complexity index is 475. The van der Waals surface area contributed by atoms with Crippen LogP contribution in [-0.2, 0) is 0 Å². The summed E-state index contributed by atoms with van der Waals surface area (Å²) in [6.45, 7) is 4.34. The quantitative estimate of drug-likeness (QED) is 0.549. The first-order valence-electron chi connectivity index (χ1n) is 6.79. The number of hydrogen-bond donors (Lipinski definition) is 0. The lowest BCUT2D eigenvalue weighted by atomic mass is 9.88. The highest BCUT2D eigenvalue weighted by Gasteiger charge is 2.41. The van der Waals surface area contributed by atoms with Gasteiger partial charge in [0, 0.05) is 5.92 Å². The van der Waals surface area contributed by atoms with Gasteiger partial charge in [0.2, 0.25) is 0 Å². The van der Waals surface area contributed by atoms with E-state index in [0.29, 0.717) is 17.0 Å². The normalized spacial score (nSPS) is 30.4. The van der Waals surface area contributed by atoms with Crippen molar-refractivity contribution in [3.63, 3.8) is 0 Å². The Hall–Kier alpha value is 0.100. The zero-order valence-corrected chi connectivity index (χ0v) is 13.7. The Morgan fingerprint density at radius 1 is 1.22 bits per heavy atom. The van der Waals surface area contributed by atoms with Gasteiger partial charge in [-0.15, -0.1) is 0 Å². The zero-order chi connectivity index (χ0) is 12.9. The molecule has 1 aromatic heterocycles. The van der Waals surface area contributed by atoms with Gasteiger partial charge in [0.25, 0.3) is 0 Å². The van der Waals surface area contributed by atoms with Crippen LogP contribution in [0.5, 0.6) is 0 Å². The minimum absolute atomic E-state index is 0.412. The molecule has 1 heterocycles. The smallest absolute Gasteiger partial charge is 0.146 e. The van der Waals surface area contributed by atoms with Crippen LogP contribution in [0.3, 0.4) is 0 Å². The van der Waals surface area contributed by atoms with E-state index in [1.54, 1.807) is 0 Å². The Balaban J connectivity index is 1.98. The second kappa shape index (κ2) is 4.89. The average molecular weight is 377 g/mol. The molecule has 3 atom stereocenters. The largest absolute Gasteiger partial charge is 0.236 e. The third kappa shape index (κ3) is 2.17. The molecule has 0 saturated heterocycles. The SMILES string of the molecule is CC(C)c1nc(C2CC3CCC2C3)nc(Cl)c1I. The molecule has 2 aliphatic rings. The van der Waals surface area contributed by atoms with Gasteiger partial charge in [-0.05, 0) is 59.6 Å². The highest BCUT2D eigenvalue weighted by Crippen LogP contribution is 2.52. The van der Waals surface area contributed by atoms with E-state index in [1.165, 1.54) is 25.7 Å². The summed E-state index contributed by atoms with van der Waals surface area (Å²) in [5.41, 5.74) is 1.12. The number of fused-ring (bicyclic) bond motifs is 2. The van der Waals surface area contributed by atoms with Gasteiger partial charge in [-0.3, -0.25) is 0 Å². The summed E-state index contributed by atoms with van der Waals surface area (Å²) in [6.07, 6.45) is 5.43. The molecule has 3 unspecified atom stereocenters. The van der Waals surface area contributed by atoms with E-state index in [4.69, 9.17) is 16.6 Å². The molecule has 2 bridgehead atoms. The predicted molar refractivity (Wildman–Crippen MR) is 82.0 cm³/mol. The average Bonchev–Trinajstić information content (AvgIpc) is 2.94. The molecule has 0 N–H and O–H groups in total. The first-order chi connectivity index (χ1) is 8.56. The highest BCUT2D eigenvalue weighted by atomic mass is 127. The third-order valence-corrected chi connectivity index (χ3v) is 6.13. The zero-order valence-electron chi connectivity index (χ0n) is 10.8. The Morgan fingerprint density at radius 3 is 2.56 bits per heavy atom. The van der Waals surface area contributed by atoms with Crippen molar-refractivity contribution in [2.24, 2.45) is 11.8 Å². The van der Waals surface area contributed by atoms with E-state index in [-0.39, 0.29) is 0 Å². The van der Waals surface area contributed by atoms with Crippen LogP contribution in [0.15, 0.2) is 0 Å². The van der Waals surface area contributed by atoms with Crippen LogP contribution in [0.4, 0.5) is 0 Å². The standard InChI is InChI=1S/C14H18ClIN2/c1-7(2)12-11(16)13(15)18-14(17-12)10-6-8-3-4-9(10)5-8/h7-10H,3-6H2,1-2H3. The third-order valence-electron chi connectivity index (χ3n) is 4.47. The summed E-state index contributed by atoms with van der Waals surface area (Å²) in [4.78, 5) is 9.39. The molecule has 0 amide bonds. The van der Waals surface area contributed by atoms with Crippen molar-refractivity contribution in [3.05, 3.63) is 20.2 Å². The maximum absolute atomic E-state index is 6.28. The van der Waals surface area contributed by atoms with Gasteiger partial charge in [0.05, 0.1) is 9.26 Å². The van der Waals surface area contributed by atoms with E-state index in [0.717, 1.165) is 26.9 Å². The monoisotopic (exact) mass is 376 g/mol. The number of aromatic nitrogens is 2. The van der Waals surface area contributed by atoms with Gasteiger partial charge >= 0.3 is 0 Å². The molecule has 0 radical (unpaired) electrons. The Labute approximate surface area is 127 Å². The van der Waals surface area contributed by atoms with Crippen LogP contribution in [-0.4, -0.2) is 9.97 Å². The fraction of sp³-hybridized carbons (Fsp3) is 0.714. The van der Waals surface area contributed by atoms with Crippen LogP contribution in [0.1, 0.15) is 62.9 Å². The Kier molecular flexibility index (Phi) is 3.56. The number of halogens is 2. The van der Waals surface area contributed by atoms with Crippen molar-refractivity contribution in [1.82, 2.24) is 9.97 Å². The van der Waals surface area contributed by atoms with Gasteiger partial charge in [-0.1, -0.05) is 31.9 Å². The molecule has 2 aliphatic carbocycles. The predicted octanol–water partition coefficient (Wildman–Crippen LogP) is 4.76. The fourth-order valence-corrected chi connectivity index (χ4v) is 4.61. The Morgan fingerprint density at radius 2 is 2.00 bits per heavy atom. The topological polar surface area (TPSA) is 25.8 Å². The molecule has 18 heavy (non-hydrogen) atoms. The van der Waals surface area contributed by atoms with Gasteiger partial charge < -0.3 is 0 Å². The molecular weight excluding hydrogens is 359 g/mol. The van der Waals surface area contributed by atoms with E-state index >= 15 is 0 Å². The fourth-order valence-electron chi connectivity index (χ4n) is 3.56. The molecule has 4 heteroatoms. The van der Waals surface area contributed by atoms with Crippen molar-refractivity contribution in [3.8, 4) is 0 Å². The number of hydrogen-bond acceptors (Lipinski definition) is 2. The van der Waals surface area contributed by atoms with Crippen molar-refractivity contribution < 1.29 is 0 Å². The summed E-state index contributed by atoms with van der Waals surface area (Å²) in [5, 5.41) is 0.645. The molecule has 0 aliphatic heterocycles. The van der Waals surface area contributed by atoms with Gasteiger partial charge in [0.1, 0.15) is 11.0 Å². The summed E-state index contributed by atoms with van der Waals surface area (Å²) in [5.74, 6) is 3.72. The summed E-state index contributed by atoms with van der Waals surface area (Å²) in [6, 6.07) is 0. The second-order valence-corrected chi connectivity index (χ2v) is 7.44. The summed E-state index contributed by atoms with van der Waals surface area (Å²) < 4.78 is 1.02. The van der Waals surface area contributed by atoms with E-state index in [9.17, 15) is 0 Å². The molecule has 1 aromatic rings. The van der Waals surface area contributed by atoms with Gasteiger partial charge in [0.15, 0.2) is 0 Å². The van der Waals surface area contributed by atoms with E-state index in [1.807, 2.05) is 0 Å². The van der Waals surface area contributed by atoms with Crippen LogP contribution in [0.25, 0.3) is 0 Å². The summed E-state index contributed by atoms with van der Waals surface area (Å²) in [7, 11) is 0. The number of nitrogens with zero attached hydrogens (tertiary/aromatic N) is 2. The molecule has 2 fully saturated rings. The highest BCUT2D eigenvalue weighted by molar-refractivity contribution is 14.1. The van der Waals surface area contributed by atoms with Crippen molar-refractivity contribution >= 4 is 34.2 Å². The summed E-state index contributed by atoms with van der Waals surface area (Å²) >= 11 is 8.55. The van der Waals surface area contributed by atoms with Crippen LogP contribution < -0.4 is 0 Å². The van der Waals surface area contributed by atoms with Crippen LogP contribution >= 0.6 is 34.2 Å². The van der Waals surface area contributed by atoms with Crippen molar-refractivity contribution in [2.75, 3.05) is 0 Å². The molecule has 0 spiro atoms.